The van der Waals surface area contributed by atoms with Crippen LogP contribution in [-0.2, 0) is 26.5 Å². The molecule has 0 atom stereocenters. The normalized spacial score (nSPS) is 11.5. The molecule has 0 aliphatic carbocycles. The molecule has 4 aromatic carbocycles. The van der Waals surface area contributed by atoms with E-state index in [2.05, 4.69) is 14.8 Å². The van der Waals surface area contributed by atoms with Gasteiger partial charge in [0.2, 0.25) is 0 Å². The first-order valence-corrected chi connectivity index (χ1v) is 15.7. The van der Waals surface area contributed by atoms with Gasteiger partial charge in [-0.15, -0.1) is 0 Å². The molecule has 0 aromatic heterocycles. The van der Waals surface area contributed by atoms with E-state index >= 15 is 0 Å². The van der Waals surface area contributed by atoms with Gasteiger partial charge in [-0.25, -0.2) is 16.8 Å². The summed E-state index contributed by atoms with van der Waals surface area (Å²) < 4.78 is 62.6. The van der Waals surface area contributed by atoms with Crippen molar-refractivity contribution >= 4 is 37.3 Å². The molecule has 214 valence electrons. The molecule has 9 nitrogen and oxygen atoms in total. The number of hydrogen-bond donors (Lipinski definition) is 3. The second kappa shape index (κ2) is 12.4. The van der Waals surface area contributed by atoms with Crippen LogP contribution in [0.25, 0.3) is 0 Å². The van der Waals surface area contributed by atoms with E-state index in [9.17, 15) is 21.6 Å². The summed E-state index contributed by atoms with van der Waals surface area (Å²) in [6.07, 6.45) is 0.567. The van der Waals surface area contributed by atoms with Gasteiger partial charge in [0.15, 0.2) is 0 Å². The Kier molecular flexibility index (Phi) is 8.99. The Bertz CT molecular complexity index is 1740. The van der Waals surface area contributed by atoms with Crippen molar-refractivity contribution in [3.63, 3.8) is 0 Å². The molecule has 0 aliphatic heterocycles. The highest BCUT2D eigenvalue weighted by molar-refractivity contribution is 7.93. The van der Waals surface area contributed by atoms with Gasteiger partial charge in [-0.2, -0.15) is 0 Å². The van der Waals surface area contributed by atoms with E-state index in [1.54, 1.807) is 31.4 Å². The third-order valence-corrected chi connectivity index (χ3v) is 9.05. The molecule has 4 aromatic rings. The van der Waals surface area contributed by atoms with Crippen LogP contribution < -0.4 is 19.5 Å². The molecule has 3 N–H and O–H groups in total. The van der Waals surface area contributed by atoms with Gasteiger partial charge in [0.1, 0.15) is 5.75 Å². The van der Waals surface area contributed by atoms with Crippen molar-refractivity contribution in [1.29, 1.82) is 0 Å². The molecule has 0 radical (unpaired) electrons. The zero-order valence-electron chi connectivity index (χ0n) is 22.8. The molecule has 41 heavy (non-hydrogen) atoms. The smallest absolute Gasteiger partial charge is 0.261 e. The van der Waals surface area contributed by atoms with Crippen molar-refractivity contribution in [1.82, 2.24) is 5.32 Å². The molecule has 1 amide bonds. The van der Waals surface area contributed by atoms with Crippen LogP contribution in [0.1, 0.15) is 27.0 Å². The number of rotatable bonds is 11. The number of benzene rings is 4. The number of carbonyl (C=O) groups excluding carboxylic acids is 1. The quantitative estimate of drug-likeness (QED) is 0.227. The molecule has 0 bridgehead atoms. The number of anilines is 2. The van der Waals surface area contributed by atoms with Crippen molar-refractivity contribution in [2.45, 2.75) is 30.1 Å². The van der Waals surface area contributed by atoms with Crippen molar-refractivity contribution in [2.75, 3.05) is 23.1 Å². The number of nitrogens with one attached hydrogen (secondary N) is 3. The lowest BCUT2D eigenvalue weighted by atomic mass is 10.1. The predicted molar refractivity (Wildman–Crippen MR) is 159 cm³/mol. The second-order valence-corrected chi connectivity index (χ2v) is 12.8. The lowest BCUT2D eigenvalue weighted by molar-refractivity contribution is 0.0954. The van der Waals surface area contributed by atoms with Gasteiger partial charge >= 0.3 is 0 Å². The van der Waals surface area contributed by atoms with E-state index in [1.807, 2.05) is 38.1 Å². The molecule has 0 saturated heterocycles. The van der Waals surface area contributed by atoms with Crippen LogP contribution in [-0.4, -0.2) is 36.4 Å². The maximum atomic E-state index is 13.2. The maximum Gasteiger partial charge on any atom is 0.261 e. The van der Waals surface area contributed by atoms with Gasteiger partial charge < -0.3 is 10.1 Å². The highest BCUT2D eigenvalue weighted by Crippen LogP contribution is 2.29. The van der Waals surface area contributed by atoms with Gasteiger partial charge in [0.25, 0.3) is 26.0 Å². The molecule has 0 heterocycles. The highest BCUT2D eigenvalue weighted by atomic mass is 32.2. The van der Waals surface area contributed by atoms with E-state index in [-0.39, 0.29) is 26.7 Å². The molecule has 4 rings (SSSR count). The minimum absolute atomic E-state index is 0.00946. The average molecular weight is 594 g/mol. The SMILES string of the molecule is COc1ccc(CCNC(=O)c2ccc(NS(=O)(=O)c3ccc(C)cc3)c(NS(=O)(=O)c3ccc(C)cc3)c2)cc1. The van der Waals surface area contributed by atoms with Crippen LogP contribution in [0, 0.1) is 13.8 Å². The van der Waals surface area contributed by atoms with Crippen molar-refractivity contribution < 1.29 is 26.4 Å². The standard InChI is InChI=1S/C30H31N3O6S2/c1-21-4-13-26(14-5-21)40(35,36)32-28-17-10-24(30(34)31-19-18-23-8-11-25(39-3)12-9-23)20-29(28)33-41(37,38)27-15-6-22(2)7-16-27/h4-17,20,32-33H,18-19H2,1-3H3,(H,31,34). The Morgan fingerprint density at radius 2 is 1.20 bits per heavy atom. The first-order valence-electron chi connectivity index (χ1n) is 12.7. The Labute approximate surface area is 240 Å². The van der Waals surface area contributed by atoms with Crippen LogP contribution >= 0.6 is 0 Å². The molecule has 11 heteroatoms. The van der Waals surface area contributed by atoms with Crippen LogP contribution in [0.5, 0.6) is 5.75 Å². The monoisotopic (exact) mass is 593 g/mol. The van der Waals surface area contributed by atoms with Crippen LogP contribution in [0.2, 0.25) is 0 Å². The topological polar surface area (TPSA) is 131 Å². The summed E-state index contributed by atoms with van der Waals surface area (Å²) in [5.41, 5.74) is 2.79. The van der Waals surface area contributed by atoms with Gasteiger partial charge in [0, 0.05) is 12.1 Å². The molecule has 0 fully saturated rings. The third-order valence-electron chi connectivity index (χ3n) is 6.29. The fraction of sp³-hybridized carbons (Fsp3) is 0.167. The van der Waals surface area contributed by atoms with Gasteiger partial charge in [-0.3, -0.25) is 14.2 Å². The molecular formula is C30H31N3O6S2. The van der Waals surface area contributed by atoms with Crippen molar-refractivity contribution in [2.24, 2.45) is 0 Å². The zero-order valence-corrected chi connectivity index (χ0v) is 24.5. The summed E-state index contributed by atoms with van der Waals surface area (Å²) in [4.78, 5) is 13.0. The van der Waals surface area contributed by atoms with Crippen LogP contribution in [0.15, 0.2) is 101 Å². The lowest BCUT2D eigenvalue weighted by Gasteiger charge is -2.16. The van der Waals surface area contributed by atoms with Crippen molar-refractivity contribution in [3.8, 4) is 5.75 Å². The Morgan fingerprint density at radius 1 is 0.683 bits per heavy atom. The largest absolute Gasteiger partial charge is 0.497 e. The van der Waals surface area contributed by atoms with E-state index in [4.69, 9.17) is 4.74 Å². The summed E-state index contributed by atoms with van der Waals surface area (Å²) in [7, 11) is -6.58. The van der Waals surface area contributed by atoms with E-state index in [0.29, 0.717) is 13.0 Å². The second-order valence-electron chi connectivity index (χ2n) is 9.45. The summed E-state index contributed by atoms with van der Waals surface area (Å²) >= 11 is 0. The van der Waals surface area contributed by atoms with Crippen molar-refractivity contribution in [3.05, 3.63) is 113 Å². The number of sulfonamides is 2. The number of aryl methyl sites for hydroxylation is 2. The number of carbonyl (C=O) groups is 1. The van der Waals surface area contributed by atoms with E-state index < -0.39 is 26.0 Å². The fourth-order valence-corrected chi connectivity index (χ4v) is 6.07. The third kappa shape index (κ3) is 7.65. The number of hydrogen-bond acceptors (Lipinski definition) is 6. The zero-order chi connectivity index (χ0) is 29.6. The highest BCUT2D eigenvalue weighted by Gasteiger charge is 2.21. The Balaban J connectivity index is 1.60. The van der Waals surface area contributed by atoms with E-state index in [1.165, 1.54) is 42.5 Å². The van der Waals surface area contributed by atoms with E-state index in [0.717, 1.165) is 22.4 Å². The predicted octanol–water partition coefficient (Wildman–Crippen LogP) is 4.89. The Hall–Kier alpha value is -4.35. The minimum atomic E-state index is -4.11. The molecular weight excluding hydrogens is 562 g/mol. The molecule has 0 spiro atoms. The first kappa shape index (κ1) is 29.6. The van der Waals surface area contributed by atoms with Crippen LogP contribution in [0.3, 0.4) is 0 Å². The average Bonchev–Trinajstić information content (AvgIpc) is 2.94. The molecule has 0 aliphatic rings. The summed E-state index contributed by atoms with van der Waals surface area (Å²) in [6.45, 7) is 4.00. The van der Waals surface area contributed by atoms with Gasteiger partial charge in [-0.1, -0.05) is 47.5 Å². The number of ether oxygens (including phenoxy) is 1. The molecule has 0 saturated carbocycles. The summed E-state index contributed by atoms with van der Waals surface area (Å²) in [5, 5.41) is 2.82. The maximum absolute atomic E-state index is 13.2. The van der Waals surface area contributed by atoms with Crippen LogP contribution in [0.4, 0.5) is 11.4 Å². The minimum Gasteiger partial charge on any atom is -0.497 e. The molecule has 0 unspecified atom stereocenters. The Morgan fingerprint density at radius 3 is 1.71 bits per heavy atom. The lowest BCUT2D eigenvalue weighted by Crippen LogP contribution is -2.26. The summed E-state index contributed by atoms with van der Waals surface area (Å²) in [6, 6.07) is 24.0. The van der Waals surface area contributed by atoms with Gasteiger partial charge in [0.05, 0.1) is 28.3 Å². The first-order chi connectivity index (χ1) is 19.5. The number of amides is 1. The number of methoxy groups -OCH3 is 1. The fourth-order valence-electron chi connectivity index (χ4n) is 3.92. The van der Waals surface area contributed by atoms with Gasteiger partial charge in [-0.05, 0) is 80.4 Å². The summed E-state index contributed by atoms with van der Waals surface area (Å²) in [5.74, 6) is 0.290.